The Hall–Kier alpha value is -1.66. The van der Waals surface area contributed by atoms with Gasteiger partial charge >= 0.3 is 0 Å². The van der Waals surface area contributed by atoms with Crippen LogP contribution in [0.2, 0.25) is 0 Å². The molecule has 6 heteroatoms. The van der Waals surface area contributed by atoms with Crippen LogP contribution < -0.4 is 5.43 Å². The van der Waals surface area contributed by atoms with Gasteiger partial charge in [0, 0.05) is 10.2 Å². The minimum atomic E-state index is -0.301. The Morgan fingerprint density at radius 3 is 2.77 bits per heavy atom. The van der Waals surface area contributed by atoms with Crippen molar-refractivity contribution in [3.63, 3.8) is 0 Å². The summed E-state index contributed by atoms with van der Waals surface area (Å²) in [6, 6.07) is 13.8. The quantitative estimate of drug-likeness (QED) is 0.608. The molecule has 0 saturated carbocycles. The van der Waals surface area contributed by atoms with Gasteiger partial charge in [-0.1, -0.05) is 40.2 Å². The van der Waals surface area contributed by atoms with Gasteiger partial charge in [-0.3, -0.25) is 4.79 Å². The molecule has 0 radical (unpaired) electrons. The smallest absolute Gasteiger partial charge is 0.250 e. The van der Waals surface area contributed by atoms with Gasteiger partial charge in [0.2, 0.25) is 5.91 Å². The van der Waals surface area contributed by atoms with Crippen molar-refractivity contribution in [2.24, 2.45) is 5.10 Å². The van der Waals surface area contributed by atoms with Crippen molar-refractivity contribution in [3.05, 3.63) is 69.9 Å². The van der Waals surface area contributed by atoms with Crippen LogP contribution in [0.1, 0.15) is 11.1 Å². The summed E-state index contributed by atoms with van der Waals surface area (Å²) in [6.07, 6.45) is 1.48. The number of halogens is 2. The zero-order valence-electron chi connectivity index (χ0n) is 11.6. The highest BCUT2D eigenvalue weighted by Gasteiger charge is 2.01. The summed E-state index contributed by atoms with van der Waals surface area (Å²) >= 11 is 4.93. The molecule has 0 spiro atoms. The van der Waals surface area contributed by atoms with E-state index < -0.39 is 0 Å². The molecule has 0 aliphatic heterocycles. The number of hydrogen-bond acceptors (Lipinski definition) is 3. The molecule has 2 aromatic carbocycles. The second-order valence-corrected chi connectivity index (χ2v) is 6.37. The summed E-state index contributed by atoms with van der Waals surface area (Å²) in [5.41, 5.74) is 4.33. The lowest BCUT2D eigenvalue weighted by Crippen LogP contribution is -2.19. The van der Waals surface area contributed by atoms with Crippen molar-refractivity contribution in [1.82, 2.24) is 5.43 Å². The molecule has 22 heavy (non-hydrogen) atoms. The van der Waals surface area contributed by atoms with Crippen LogP contribution >= 0.6 is 27.7 Å². The first kappa shape index (κ1) is 16.7. The third-order valence-electron chi connectivity index (χ3n) is 2.66. The number of nitrogens with zero attached hydrogens (tertiary/aromatic N) is 1. The zero-order chi connectivity index (χ0) is 15.8. The Morgan fingerprint density at radius 2 is 2.05 bits per heavy atom. The maximum Gasteiger partial charge on any atom is 0.250 e. The van der Waals surface area contributed by atoms with Crippen molar-refractivity contribution >= 4 is 39.8 Å². The van der Waals surface area contributed by atoms with Crippen LogP contribution in [0, 0.1) is 5.82 Å². The SMILES string of the molecule is O=C(CSCc1cccc(Br)c1)N/N=C\c1ccc(F)cc1. The monoisotopic (exact) mass is 380 g/mol. The van der Waals surface area contributed by atoms with Crippen LogP contribution in [0.25, 0.3) is 0 Å². The standard InChI is InChI=1S/C16H14BrFN2OS/c17-14-3-1-2-13(8-14)10-22-11-16(21)20-19-9-12-4-6-15(18)7-5-12/h1-9H,10-11H2,(H,20,21)/b19-9-. The molecule has 0 aliphatic carbocycles. The summed E-state index contributed by atoms with van der Waals surface area (Å²) in [5, 5.41) is 3.84. The van der Waals surface area contributed by atoms with E-state index in [2.05, 4.69) is 26.5 Å². The molecule has 1 amide bonds. The van der Waals surface area contributed by atoms with E-state index in [1.165, 1.54) is 30.1 Å². The highest BCUT2D eigenvalue weighted by molar-refractivity contribution is 9.10. The summed E-state index contributed by atoms with van der Waals surface area (Å²) in [5.74, 6) is 0.616. The lowest BCUT2D eigenvalue weighted by molar-refractivity contribution is -0.118. The molecule has 0 bridgehead atoms. The Kier molecular flexibility index (Phi) is 6.61. The minimum Gasteiger partial charge on any atom is -0.272 e. The van der Waals surface area contributed by atoms with E-state index in [-0.39, 0.29) is 11.7 Å². The molecule has 0 atom stereocenters. The normalized spacial score (nSPS) is 10.8. The molecule has 0 aliphatic rings. The third-order valence-corrected chi connectivity index (χ3v) is 4.16. The molecule has 0 unspecified atom stereocenters. The van der Waals surface area contributed by atoms with E-state index in [1.807, 2.05) is 24.3 Å². The fourth-order valence-electron chi connectivity index (χ4n) is 1.65. The van der Waals surface area contributed by atoms with E-state index in [0.29, 0.717) is 5.75 Å². The van der Waals surface area contributed by atoms with Gasteiger partial charge in [0.25, 0.3) is 0 Å². The lowest BCUT2D eigenvalue weighted by Gasteiger charge is -2.02. The summed E-state index contributed by atoms with van der Waals surface area (Å²) in [7, 11) is 0. The molecule has 0 saturated heterocycles. The van der Waals surface area contributed by atoms with Crippen LogP contribution in [0.3, 0.4) is 0 Å². The Morgan fingerprint density at radius 1 is 1.27 bits per heavy atom. The molecule has 3 nitrogen and oxygen atoms in total. The largest absolute Gasteiger partial charge is 0.272 e. The maximum atomic E-state index is 12.7. The average Bonchev–Trinajstić information content (AvgIpc) is 2.49. The lowest BCUT2D eigenvalue weighted by atomic mass is 10.2. The number of thioether (sulfide) groups is 1. The molecule has 2 rings (SSSR count). The van der Waals surface area contributed by atoms with Crippen LogP contribution in [0.5, 0.6) is 0 Å². The van der Waals surface area contributed by atoms with Crippen LogP contribution in [0.15, 0.2) is 58.1 Å². The van der Waals surface area contributed by atoms with Crippen molar-refractivity contribution in [3.8, 4) is 0 Å². The van der Waals surface area contributed by atoms with Crippen molar-refractivity contribution in [2.75, 3.05) is 5.75 Å². The van der Waals surface area contributed by atoms with Gasteiger partial charge in [-0.05, 0) is 35.4 Å². The van der Waals surface area contributed by atoms with Crippen LogP contribution in [0.4, 0.5) is 4.39 Å². The van der Waals surface area contributed by atoms with Crippen molar-refractivity contribution < 1.29 is 9.18 Å². The maximum absolute atomic E-state index is 12.7. The van der Waals surface area contributed by atoms with Gasteiger partial charge in [0.1, 0.15) is 5.82 Å². The fourth-order valence-corrected chi connectivity index (χ4v) is 2.86. The summed E-state index contributed by atoms with van der Waals surface area (Å²) < 4.78 is 13.7. The van der Waals surface area contributed by atoms with E-state index in [9.17, 15) is 9.18 Å². The van der Waals surface area contributed by atoms with Crippen molar-refractivity contribution in [2.45, 2.75) is 5.75 Å². The number of rotatable bonds is 6. The number of benzene rings is 2. The van der Waals surface area contributed by atoms with Crippen molar-refractivity contribution in [1.29, 1.82) is 0 Å². The van der Waals surface area contributed by atoms with Gasteiger partial charge in [-0.2, -0.15) is 5.10 Å². The molecular formula is C16H14BrFN2OS. The van der Waals surface area contributed by atoms with Crippen LogP contribution in [-0.2, 0) is 10.5 Å². The molecule has 0 fully saturated rings. The highest BCUT2D eigenvalue weighted by atomic mass is 79.9. The summed E-state index contributed by atoms with van der Waals surface area (Å²) in [4.78, 5) is 11.6. The van der Waals surface area contributed by atoms with Crippen LogP contribution in [-0.4, -0.2) is 17.9 Å². The molecule has 114 valence electrons. The fraction of sp³-hybridized carbons (Fsp3) is 0.125. The van der Waals surface area contributed by atoms with Gasteiger partial charge in [0.15, 0.2) is 0 Å². The van der Waals surface area contributed by atoms with E-state index in [1.54, 1.807) is 12.1 Å². The second kappa shape index (κ2) is 8.70. The van der Waals surface area contributed by atoms with E-state index >= 15 is 0 Å². The molecule has 1 N–H and O–H groups in total. The van der Waals surface area contributed by atoms with E-state index in [4.69, 9.17) is 0 Å². The Bertz CT molecular complexity index is 661. The second-order valence-electron chi connectivity index (χ2n) is 4.47. The number of carbonyl (C=O) groups is 1. The Balaban J connectivity index is 1.70. The third kappa shape index (κ3) is 5.99. The number of nitrogens with one attached hydrogen (secondary N) is 1. The number of hydrazone groups is 1. The topological polar surface area (TPSA) is 41.5 Å². The number of hydrogen-bond donors (Lipinski definition) is 1. The Labute approximate surface area is 141 Å². The summed E-state index contributed by atoms with van der Waals surface area (Å²) in [6.45, 7) is 0. The molecule has 0 heterocycles. The molecule has 0 aromatic heterocycles. The van der Waals surface area contributed by atoms with Gasteiger partial charge in [-0.25, -0.2) is 9.82 Å². The first-order valence-electron chi connectivity index (χ1n) is 6.53. The zero-order valence-corrected chi connectivity index (χ0v) is 14.0. The van der Waals surface area contributed by atoms with Gasteiger partial charge in [0.05, 0.1) is 12.0 Å². The highest BCUT2D eigenvalue weighted by Crippen LogP contribution is 2.16. The van der Waals surface area contributed by atoms with Gasteiger partial charge in [-0.15, -0.1) is 11.8 Å². The predicted molar refractivity (Wildman–Crippen MR) is 92.4 cm³/mol. The number of carbonyl (C=O) groups excluding carboxylic acids is 1. The average molecular weight is 381 g/mol. The number of amides is 1. The first-order chi connectivity index (χ1) is 10.6. The predicted octanol–water partition coefficient (Wildman–Crippen LogP) is 3.97. The minimum absolute atomic E-state index is 0.168. The van der Waals surface area contributed by atoms with Gasteiger partial charge < -0.3 is 0 Å². The van der Waals surface area contributed by atoms with E-state index in [0.717, 1.165) is 21.4 Å². The first-order valence-corrected chi connectivity index (χ1v) is 8.48. The molecular weight excluding hydrogens is 367 g/mol. The molecule has 2 aromatic rings.